The maximum absolute atomic E-state index is 12.3. The zero-order valence-electron chi connectivity index (χ0n) is 10.3. The second-order valence-electron chi connectivity index (χ2n) is 3.99. The number of anilines is 2. The van der Waals surface area contributed by atoms with Crippen LogP contribution >= 0.6 is 11.6 Å². The number of nitrogens with one attached hydrogen (secondary N) is 1. The average molecular weight is 302 g/mol. The monoisotopic (exact) mass is 301 g/mol. The van der Waals surface area contributed by atoms with Crippen LogP contribution in [-0.4, -0.2) is 13.6 Å². The van der Waals surface area contributed by atoms with Crippen molar-refractivity contribution in [2.75, 3.05) is 10.5 Å². The number of hydrogen-bond acceptors (Lipinski definition) is 5. The van der Waals surface area contributed by atoms with Crippen molar-refractivity contribution in [3.63, 3.8) is 0 Å². The Morgan fingerprint density at radius 2 is 2.05 bits per heavy atom. The van der Waals surface area contributed by atoms with Crippen LogP contribution in [0.5, 0.6) is 0 Å². The lowest BCUT2D eigenvalue weighted by Crippen LogP contribution is -2.15. The highest BCUT2D eigenvalue weighted by Gasteiger charge is 2.24. The highest BCUT2D eigenvalue weighted by Crippen LogP contribution is 2.27. The van der Waals surface area contributed by atoms with E-state index in [1.807, 2.05) is 0 Å². The fourth-order valence-electron chi connectivity index (χ4n) is 1.67. The standard InChI is InChI=1S/C11H12ClN3O3S/c1-6-11(7(2)18-14-6)19(16,17)15-10-5-8(12)3-4-9(10)13/h3-5,15H,13H2,1-2H3. The lowest BCUT2D eigenvalue weighted by molar-refractivity contribution is 0.390. The zero-order chi connectivity index (χ0) is 14.2. The Hall–Kier alpha value is -1.73. The van der Waals surface area contributed by atoms with E-state index < -0.39 is 10.0 Å². The van der Waals surface area contributed by atoms with Gasteiger partial charge in [0.25, 0.3) is 10.0 Å². The fourth-order valence-corrected chi connectivity index (χ4v) is 3.25. The number of sulfonamides is 1. The summed E-state index contributed by atoms with van der Waals surface area (Å²) in [5.74, 6) is 0.214. The number of aromatic nitrogens is 1. The van der Waals surface area contributed by atoms with Crippen LogP contribution in [0.2, 0.25) is 5.02 Å². The van der Waals surface area contributed by atoms with Gasteiger partial charge in [-0.15, -0.1) is 0 Å². The van der Waals surface area contributed by atoms with Gasteiger partial charge in [-0.25, -0.2) is 8.42 Å². The van der Waals surface area contributed by atoms with Gasteiger partial charge in [0, 0.05) is 5.02 Å². The maximum Gasteiger partial charge on any atom is 0.267 e. The summed E-state index contributed by atoms with van der Waals surface area (Å²) in [4.78, 5) is 0.00637. The summed E-state index contributed by atoms with van der Waals surface area (Å²) in [6.45, 7) is 3.07. The highest BCUT2D eigenvalue weighted by atomic mass is 35.5. The van der Waals surface area contributed by atoms with Crippen molar-refractivity contribution in [3.8, 4) is 0 Å². The Kier molecular flexibility index (Phi) is 3.42. The molecule has 0 saturated heterocycles. The van der Waals surface area contributed by atoms with E-state index in [-0.39, 0.29) is 27.7 Å². The lowest BCUT2D eigenvalue weighted by Gasteiger charge is -2.10. The second kappa shape index (κ2) is 4.75. The van der Waals surface area contributed by atoms with Gasteiger partial charge in [-0.05, 0) is 32.0 Å². The lowest BCUT2D eigenvalue weighted by atomic mass is 10.3. The first-order valence-electron chi connectivity index (χ1n) is 5.32. The minimum absolute atomic E-state index is 0.00637. The Balaban J connectivity index is 2.45. The van der Waals surface area contributed by atoms with E-state index in [9.17, 15) is 8.42 Å². The summed E-state index contributed by atoms with van der Waals surface area (Å²) in [5, 5.41) is 3.99. The number of nitrogens with zero attached hydrogens (tertiary/aromatic N) is 1. The molecule has 0 aliphatic carbocycles. The number of nitrogens with two attached hydrogens (primary N) is 1. The van der Waals surface area contributed by atoms with Crippen LogP contribution in [0.25, 0.3) is 0 Å². The Morgan fingerprint density at radius 3 is 2.63 bits per heavy atom. The smallest absolute Gasteiger partial charge is 0.267 e. The fraction of sp³-hybridized carbons (Fsp3) is 0.182. The van der Waals surface area contributed by atoms with Gasteiger partial charge in [-0.1, -0.05) is 16.8 Å². The van der Waals surface area contributed by atoms with Crippen molar-refractivity contribution in [2.24, 2.45) is 0 Å². The van der Waals surface area contributed by atoms with Gasteiger partial charge >= 0.3 is 0 Å². The van der Waals surface area contributed by atoms with Gasteiger partial charge in [-0.3, -0.25) is 4.72 Å². The van der Waals surface area contributed by atoms with Gasteiger partial charge in [0.05, 0.1) is 11.4 Å². The minimum atomic E-state index is -3.82. The first kappa shape index (κ1) is 13.7. The third-order valence-electron chi connectivity index (χ3n) is 2.50. The highest BCUT2D eigenvalue weighted by molar-refractivity contribution is 7.92. The van der Waals surface area contributed by atoms with Crippen LogP contribution < -0.4 is 10.5 Å². The third-order valence-corrected chi connectivity index (χ3v) is 4.34. The van der Waals surface area contributed by atoms with Crippen LogP contribution in [0.3, 0.4) is 0 Å². The zero-order valence-corrected chi connectivity index (χ0v) is 11.8. The van der Waals surface area contributed by atoms with E-state index >= 15 is 0 Å². The molecule has 0 aliphatic heterocycles. The Labute approximate surface area is 115 Å². The molecule has 19 heavy (non-hydrogen) atoms. The van der Waals surface area contributed by atoms with Gasteiger partial charge in [0.1, 0.15) is 5.69 Å². The molecule has 2 rings (SSSR count). The molecule has 8 heteroatoms. The molecule has 1 heterocycles. The quantitative estimate of drug-likeness (QED) is 0.848. The van der Waals surface area contributed by atoms with Gasteiger partial charge < -0.3 is 10.3 Å². The molecule has 0 atom stereocenters. The maximum atomic E-state index is 12.3. The number of hydrogen-bond donors (Lipinski definition) is 2. The summed E-state index contributed by atoms with van der Waals surface area (Å²) in [6.07, 6.45) is 0. The van der Waals surface area contributed by atoms with Gasteiger partial charge in [-0.2, -0.15) is 0 Å². The van der Waals surface area contributed by atoms with Crippen LogP contribution in [0.1, 0.15) is 11.5 Å². The topological polar surface area (TPSA) is 98.2 Å². The van der Waals surface area contributed by atoms with Crippen LogP contribution in [0.15, 0.2) is 27.6 Å². The number of benzene rings is 1. The van der Waals surface area contributed by atoms with E-state index in [1.165, 1.54) is 19.1 Å². The normalized spacial score (nSPS) is 11.5. The van der Waals surface area contributed by atoms with E-state index in [0.717, 1.165) is 0 Å². The predicted octanol–water partition coefficient (Wildman–Crippen LogP) is 2.33. The third kappa shape index (κ3) is 2.66. The summed E-state index contributed by atoms with van der Waals surface area (Å²) in [7, 11) is -3.82. The molecule has 0 aliphatic rings. The summed E-state index contributed by atoms with van der Waals surface area (Å²) >= 11 is 5.81. The first-order chi connectivity index (χ1) is 8.81. The van der Waals surface area contributed by atoms with Crippen LogP contribution in [0, 0.1) is 13.8 Å². The van der Waals surface area contributed by atoms with E-state index in [0.29, 0.717) is 5.02 Å². The number of rotatable bonds is 3. The molecule has 0 spiro atoms. The molecule has 0 radical (unpaired) electrons. The number of aryl methyl sites for hydroxylation is 2. The number of nitrogen functional groups attached to an aromatic ring is 1. The number of halogens is 1. The Morgan fingerprint density at radius 1 is 1.37 bits per heavy atom. The SMILES string of the molecule is Cc1noc(C)c1S(=O)(=O)Nc1cc(Cl)ccc1N. The van der Waals surface area contributed by atoms with Crippen molar-refractivity contribution < 1.29 is 12.9 Å². The van der Waals surface area contributed by atoms with Crippen LogP contribution in [0.4, 0.5) is 11.4 Å². The van der Waals surface area contributed by atoms with E-state index in [2.05, 4.69) is 9.88 Å². The van der Waals surface area contributed by atoms with E-state index in [4.69, 9.17) is 21.9 Å². The molecule has 0 bridgehead atoms. The average Bonchev–Trinajstić information content (AvgIpc) is 2.64. The molecule has 102 valence electrons. The molecule has 6 nitrogen and oxygen atoms in total. The molecule has 1 aromatic heterocycles. The largest absolute Gasteiger partial charge is 0.397 e. The summed E-state index contributed by atoms with van der Waals surface area (Å²) in [5.41, 5.74) is 6.48. The van der Waals surface area contributed by atoms with Gasteiger partial charge in [0.2, 0.25) is 0 Å². The molecular weight excluding hydrogens is 290 g/mol. The molecule has 0 fully saturated rings. The molecule has 0 amide bonds. The second-order valence-corrected chi connectivity index (χ2v) is 6.05. The van der Waals surface area contributed by atoms with Crippen molar-refractivity contribution >= 4 is 33.0 Å². The van der Waals surface area contributed by atoms with Crippen molar-refractivity contribution in [2.45, 2.75) is 18.7 Å². The van der Waals surface area contributed by atoms with Crippen molar-refractivity contribution in [1.82, 2.24) is 5.16 Å². The molecule has 3 N–H and O–H groups in total. The summed E-state index contributed by atoms with van der Waals surface area (Å²) < 4.78 is 31.7. The molecular formula is C11H12ClN3O3S. The first-order valence-corrected chi connectivity index (χ1v) is 7.18. The molecule has 0 unspecified atom stereocenters. The van der Waals surface area contributed by atoms with Crippen molar-refractivity contribution in [3.05, 3.63) is 34.7 Å². The van der Waals surface area contributed by atoms with Gasteiger partial charge in [0.15, 0.2) is 10.7 Å². The molecule has 0 saturated carbocycles. The summed E-state index contributed by atoms with van der Waals surface area (Å²) in [6, 6.07) is 4.53. The van der Waals surface area contributed by atoms with Crippen molar-refractivity contribution in [1.29, 1.82) is 0 Å². The molecule has 2 aromatic rings. The van der Waals surface area contributed by atoms with E-state index in [1.54, 1.807) is 13.0 Å². The predicted molar refractivity (Wildman–Crippen MR) is 72.6 cm³/mol. The minimum Gasteiger partial charge on any atom is -0.397 e. The Bertz CT molecular complexity index is 705. The molecule has 1 aromatic carbocycles. The van der Waals surface area contributed by atoms with Crippen LogP contribution in [-0.2, 0) is 10.0 Å².